The Morgan fingerprint density at radius 2 is 2.00 bits per heavy atom. The number of aromatic nitrogens is 3. The molecule has 0 fully saturated rings. The molecule has 1 atom stereocenters. The van der Waals surface area contributed by atoms with Crippen molar-refractivity contribution in [3.63, 3.8) is 0 Å². The van der Waals surface area contributed by atoms with Crippen LogP contribution in [0.5, 0.6) is 0 Å². The number of benzene rings is 1. The monoisotopic (exact) mass is 274 g/mol. The van der Waals surface area contributed by atoms with Crippen LogP contribution in [-0.2, 0) is 12.1 Å². The van der Waals surface area contributed by atoms with Crippen LogP contribution in [0.1, 0.15) is 45.1 Å². The summed E-state index contributed by atoms with van der Waals surface area (Å²) in [5.74, 6) is 0. The summed E-state index contributed by atoms with van der Waals surface area (Å²) in [6, 6.07) is 7.73. The van der Waals surface area contributed by atoms with E-state index >= 15 is 0 Å². The maximum atomic E-state index is 9.74. The van der Waals surface area contributed by atoms with Gasteiger partial charge in [-0.15, -0.1) is 5.10 Å². The molecule has 20 heavy (non-hydrogen) atoms. The molecule has 0 spiro atoms. The largest absolute Gasteiger partial charge is 0.389 e. The second-order valence-electron chi connectivity index (χ2n) is 5.94. The summed E-state index contributed by atoms with van der Waals surface area (Å²) in [7, 11) is 0. The Bertz CT molecular complexity index is 569. The lowest BCUT2D eigenvalue weighted by Gasteiger charge is -2.17. The summed E-state index contributed by atoms with van der Waals surface area (Å²) in [6.07, 6.45) is 1.45. The van der Waals surface area contributed by atoms with Crippen molar-refractivity contribution in [2.75, 3.05) is 5.32 Å². The first-order valence-electron chi connectivity index (χ1n) is 6.80. The predicted octanol–water partition coefficient (Wildman–Crippen LogP) is 2.70. The first-order chi connectivity index (χ1) is 9.38. The van der Waals surface area contributed by atoms with E-state index in [2.05, 4.69) is 36.4 Å². The van der Waals surface area contributed by atoms with Crippen LogP contribution in [0.25, 0.3) is 0 Å². The minimum atomic E-state index is -0.496. The standard InChI is InChI=1S/C15H22N4O/c1-11(20)13-7-5-6-8-14(13)16-9-12-10-19(18-17-12)15(2,3)4/h5-8,10-11,16,20H,9H2,1-4H3. The first-order valence-corrected chi connectivity index (χ1v) is 6.80. The number of hydrogen-bond acceptors (Lipinski definition) is 4. The molecule has 2 rings (SSSR count). The summed E-state index contributed by atoms with van der Waals surface area (Å²) >= 11 is 0. The van der Waals surface area contributed by atoms with E-state index in [0.29, 0.717) is 6.54 Å². The zero-order valence-corrected chi connectivity index (χ0v) is 12.5. The molecular formula is C15H22N4O. The second-order valence-corrected chi connectivity index (χ2v) is 5.94. The minimum absolute atomic E-state index is 0.0667. The van der Waals surface area contributed by atoms with E-state index in [-0.39, 0.29) is 5.54 Å². The van der Waals surface area contributed by atoms with Crippen LogP contribution in [-0.4, -0.2) is 20.1 Å². The van der Waals surface area contributed by atoms with Gasteiger partial charge < -0.3 is 10.4 Å². The first kappa shape index (κ1) is 14.5. The van der Waals surface area contributed by atoms with E-state index in [9.17, 15) is 5.11 Å². The normalized spacial score (nSPS) is 13.2. The van der Waals surface area contributed by atoms with Gasteiger partial charge >= 0.3 is 0 Å². The molecule has 108 valence electrons. The van der Waals surface area contributed by atoms with Crippen molar-refractivity contribution in [1.82, 2.24) is 15.0 Å². The molecule has 0 saturated heterocycles. The van der Waals surface area contributed by atoms with E-state index in [1.54, 1.807) is 6.92 Å². The van der Waals surface area contributed by atoms with Crippen molar-refractivity contribution < 1.29 is 5.11 Å². The third kappa shape index (κ3) is 3.36. The quantitative estimate of drug-likeness (QED) is 0.900. The molecule has 1 unspecified atom stereocenters. The Balaban J connectivity index is 2.08. The lowest BCUT2D eigenvalue weighted by molar-refractivity contribution is 0.200. The van der Waals surface area contributed by atoms with E-state index in [1.807, 2.05) is 35.1 Å². The molecule has 0 bridgehead atoms. The van der Waals surface area contributed by atoms with Gasteiger partial charge in [-0.3, -0.25) is 0 Å². The van der Waals surface area contributed by atoms with Crippen molar-refractivity contribution in [2.24, 2.45) is 0 Å². The highest BCUT2D eigenvalue weighted by molar-refractivity contribution is 5.52. The van der Waals surface area contributed by atoms with Crippen molar-refractivity contribution in [1.29, 1.82) is 0 Å². The van der Waals surface area contributed by atoms with Crippen molar-refractivity contribution in [3.8, 4) is 0 Å². The molecule has 0 saturated carbocycles. The van der Waals surface area contributed by atoms with Gasteiger partial charge in [-0.1, -0.05) is 23.4 Å². The van der Waals surface area contributed by atoms with Gasteiger partial charge in [0.1, 0.15) is 5.69 Å². The SMILES string of the molecule is CC(O)c1ccccc1NCc1cn(C(C)(C)C)nn1. The van der Waals surface area contributed by atoms with Gasteiger partial charge in [-0.2, -0.15) is 0 Å². The third-order valence-corrected chi connectivity index (χ3v) is 3.10. The van der Waals surface area contributed by atoms with Crippen molar-refractivity contribution >= 4 is 5.69 Å². The van der Waals surface area contributed by atoms with Crippen LogP contribution in [0.3, 0.4) is 0 Å². The maximum Gasteiger partial charge on any atom is 0.102 e. The highest BCUT2D eigenvalue weighted by Gasteiger charge is 2.15. The zero-order valence-electron chi connectivity index (χ0n) is 12.5. The van der Waals surface area contributed by atoms with Crippen molar-refractivity contribution in [2.45, 2.75) is 45.9 Å². The number of hydrogen-bond donors (Lipinski definition) is 2. The van der Waals surface area contributed by atoms with Crippen LogP contribution in [0, 0.1) is 0 Å². The molecule has 0 amide bonds. The molecule has 5 heteroatoms. The number of aliphatic hydroxyl groups excluding tert-OH is 1. The minimum Gasteiger partial charge on any atom is -0.389 e. The summed E-state index contributed by atoms with van der Waals surface area (Å²) in [4.78, 5) is 0. The van der Waals surface area contributed by atoms with Gasteiger partial charge in [0.2, 0.25) is 0 Å². The third-order valence-electron chi connectivity index (χ3n) is 3.10. The van der Waals surface area contributed by atoms with Gasteiger partial charge in [0, 0.05) is 11.3 Å². The number of nitrogens with one attached hydrogen (secondary N) is 1. The maximum absolute atomic E-state index is 9.74. The number of para-hydroxylation sites is 1. The van der Waals surface area contributed by atoms with E-state index < -0.39 is 6.10 Å². The fraction of sp³-hybridized carbons (Fsp3) is 0.467. The van der Waals surface area contributed by atoms with E-state index in [4.69, 9.17) is 0 Å². The molecule has 0 aliphatic carbocycles. The fourth-order valence-corrected chi connectivity index (χ4v) is 1.92. The molecule has 1 aromatic carbocycles. The smallest absolute Gasteiger partial charge is 0.102 e. The van der Waals surface area contributed by atoms with Crippen molar-refractivity contribution in [3.05, 3.63) is 41.7 Å². The van der Waals surface area contributed by atoms with Gasteiger partial charge in [-0.25, -0.2) is 4.68 Å². The Morgan fingerprint density at radius 3 is 2.60 bits per heavy atom. The van der Waals surface area contributed by atoms with Crippen LogP contribution in [0.4, 0.5) is 5.69 Å². The molecule has 2 N–H and O–H groups in total. The van der Waals surface area contributed by atoms with Crippen LogP contribution in [0.2, 0.25) is 0 Å². The molecule has 2 aromatic rings. The van der Waals surface area contributed by atoms with Crippen LogP contribution in [0.15, 0.2) is 30.5 Å². The number of aliphatic hydroxyl groups is 1. The topological polar surface area (TPSA) is 63.0 Å². The Kier molecular flexibility index (Phi) is 4.09. The average Bonchev–Trinajstić information content (AvgIpc) is 2.85. The molecule has 0 radical (unpaired) electrons. The van der Waals surface area contributed by atoms with E-state index in [1.165, 1.54) is 0 Å². The molecular weight excluding hydrogens is 252 g/mol. The van der Waals surface area contributed by atoms with E-state index in [0.717, 1.165) is 16.9 Å². The molecule has 0 aliphatic rings. The Morgan fingerprint density at radius 1 is 1.30 bits per heavy atom. The zero-order chi connectivity index (χ0) is 14.8. The number of anilines is 1. The number of rotatable bonds is 4. The van der Waals surface area contributed by atoms with Crippen LogP contribution >= 0.6 is 0 Å². The summed E-state index contributed by atoms with van der Waals surface area (Å²) < 4.78 is 1.85. The Hall–Kier alpha value is -1.88. The summed E-state index contributed by atoms with van der Waals surface area (Å²) in [6.45, 7) is 8.60. The van der Waals surface area contributed by atoms with Crippen LogP contribution < -0.4 is 5.32 Å². The summed E-state index contributed by atoms with van der Waals surface area (Å²) in [5.41, 5.74) is 2.62. The molecule has 0 aliphatic heterocycles. The average molecular weight is 274 g/mol. The molecule has 1 heterocycles. The van der Waals surface area contributed by atoms with Gasteiger partial charge in [0.15, 0.2) is 0 Å². The second kappa shape index (κ2) is 5.63. The van der Waals surface area contributed by atoms with Gasteiger partial charge in [0.05, 0.1) is 24.4 Å². The lowest BCUT2D eigenvalue weighted by Crippen LogP contribution is -2.22. The highest BCUT2D eigenvalue weighted by Crippen LogP contribution is 2.22. The number of nitrogens with zero attached hydrogens (tertiary/aromatic N) is 3. The predicted molar refractivity (Wildman–Crippen MR) is 79.4 cm³/mol. The fourth-order valence-electron chi connectivity index (χ4n) is 1.92. The van der Waals surface area contributed by atoms with Gasteiger partial charge in [-0.05, 0) is 33.8 Å². The Labute approximate surface area is 119 Å². The summed E-state index contributed by atoms with van der Waals surface area (Å²) in [5, 5.41) is 21.3. The molecule has 5 nitrogen and oxygen atoms in total. The highest BCUT2D eigenvalue weighted by atomic mass is 16.3. The van der Waals surface area contributed by atoms with Gasteiger partial charge in [0.25, 0.3) is 0 Å². The lowest BCUT2D eigenvalue weighted by atomic mass is 10.1. The molecule has 1 aromatic heterocycles.